The van der Waals surface area contributed by atoms with E-state index in [9.17, 15) is 13.2 Å². The Labute approximate surface area is 202 Å². The molecule has 11 heteroatoms. The van der Waals surface area contributed by atoms with Crippen molar-refractivity contribution in [2.75, 3.05) is 31.5 Å². The molecule has 2 aromatic heterocycles. The molecule has 4 heterocycles. The number of allylic oxidation sites excluding steroid dienone is 1. The average molecular weight is 499 g/mol. The number of carbonyl (C=O) groups excluding carboxylic acids is 1. The van der Waals surface area contributed by atoms with Gasteiger partial charge in [-0.2, -0.15) is 4.31 Å². The van der Waals surface area contributed by atoms with Crippen molar-refractivity contribution in [2.24, 2.45) is 4.99 Å². The van der Waals surface area contributed by atoms with E-state index in [2.05, 4.69) is 33.2 Å². The standard InChI is InChI=1S/C23H26N6O3S2/c1-2-28-19-8-7-17(13-18(19)27-22(28)16-5-3-9-24-14-16)26-23(30)20-15-25-10-11-29(20)34(31,32)21-6-4-12-33-21/h4-8,12-14,20,25H,2-3,9-11,15H2,1H3,(H,26,30)/t20-/m0/s1. The van der Waals surface area contributed by atoms with Crippen LogP contribution in [0.2, 0.25) is 0 Å². The van der Waals surface area contributed by atoms with Gasteiger partial charge in [0.25, 0.3) is 10.0 Å². The van der Waals surface area contributed by atoms with Crippen LogP contribution in [0.1, 0.15) is 19.2 Å². The number of amides is 1. The summed E-state index contributed by atoms with van der Waals surface area (Å²) in [5.41, 5.74) is 3.31. The summed E-state index contributed by atoms with van der Waals surface area (Å²) in [6, 6.07) is 8.02. The summed E-state index contributed by atoms with van der Waals surface area (Å²) in [6.07, 6.45) is 4.89. The molecule has 0 bridgehead atoms. The second kappa shape index (κ2) is 9.41. The predicted molar refractivity (Wildman–Crippen MR) is 135 cm³/mol. The Morgan fingerprint density at radius 2 is 2.21 bits per heavy atom. The van der Waals surface area contributed by atoms with Gasteiger partial charge in [-0.05, 0) is 43.0 Å². The predicted octanol–water partition coefficient (Wildman–Crippen LogP) is 2.58. The van der Waals surface area contributed by atoms with Crippen molar-refractivity contribution in [3.63, 3.8) is 0 Å². The molecule has 0 radical (unpaired) electrons. The summed E-state index contributed by atoms with van der Waals surface area (Å²) in [6.45, 7) is 4.60. The Hall–Kier alpha value is -2.86. The van der Waals surface area contributed by atoms with Crippen molar-refractivity contribution >= 4 is 55.8 Å². The monoisotopic (exact) mass is 498 g/mol. The largest absolute Gasteiger partial charge is 0.325 e. The number of hydrogen-bond donors (Lipinski definition) is 2. The summed E-state index contributed by atoms with van der Waals surface area (Å²) in [4.78, 5) is 22.4. The average Bonchev–Trinajstić information content (AvgIpc) is 3.53. The van der Waals surface area contributed by atoms with E-state index in [1.54, 1.807) is 17.5 Å². The maximum atomic E-state index is 13.2. The van der Waals surface area contributed by atoms with Crippen LogP contribution in [0.5, 0.6) is 0 Å². The minimum absolute atomic E-state index is 0.234. The first kappa shape index (κ1) is 22.9. The molecule has 1 amide bonds. The van der Waals surface area contributed by atoms with E-state index in [0.717, 1.165) is 53.3 Å². The number of piperazine rings is 1. The highest BCUT2D eigenvalue weighted by Gasteiger charge is 2.38. The van der Waals surface area contributed by atoms with Crippen molar-refractivity contribution in [2.45, 2.75) is 30.1 Å². The number of aryl methyl sites for hydroxylation is 1. The van der Waals surface area contributed by atoms with Crippen molar-refractivity contribution in [1.82, 2.24) is 19.2 Å². The number of anilines is 1. The van der Waals surface area contributed by atoms with Crippen LogP contribution >= 0.6 is 11.3 Å². The lowest BCUT2D eigenvalue weighted by Gasteiger charge is -2.33. The molecular formula is C23H26N6O3S2. The molecule has 2 aliphatic heterocycles. The number of aromatic nitrogens is 2. The minimum atomic E-state index is -3.74. The number of dihydropyridines is 1. The molecule has 1 aromatic carbocycles. The summed E-state index contributed by atoms with van der Waals surface area (Å²) in [7, 11) is -3.74. The van der Waals surface area contributed by atoms with Crippen LogP contribution in [0.3, 0.4) is 0 Å². The molecule has 1 saturated heterocycles. The lowest BCUT2D eigenvalue weighted by atomic mass is 10.2. The highest BCUT2D eigenvalue weighted by atomic mass is 32.2. The molecule has 0 aliphatic carbocycles. The molecule has 5 rings (SSSR count). The number of rotatable bonds is 6. The molecule has 0 spiro atoms. The Kier molecular flexibility index (Phi) is 6.34. The van der Waals surface area contributed by atoms with E-state index >= 15 is 0 Å². The van der Waals surface area contributed by atoms with E-state index in [-0.39, 0.29) is 23.2 Å². The Balaban J connectivity index is 1.41. The van der Waals surface area contributed by atoms with Gasteiger partial charge in [-0.1, -0.05) is 12.1 Å². The fraction of sp³-hybridized carbons (Fsp3) is 0.348. The van der Waals surface area contributed by atoms with Gasteiger partial charge in [-0.25, -0.2) is 13.4 Å². The Morgan fingerprint density at radius 1 is 1.32 bits per heavy atom. The molecule has 0 saturated carbocycles. The summed E-state index contributed by atoms with van der Waals surface area (Å²) >= 11 is 1.15. The van der Waals surface area contributed by atoms with Gasteiger partial charge in [-0.3, -0.25) is 9.79 Å². The van der Waals surface area contributed by atoms with Crippen molar-refractivity contribution in [3.05, 3.63) is 47.6 Å². The third-order valence-corrected chi connectivity index (χ3v) is 9.28. The first-order chi connectivity index (χ1) is 16.5. The number of benzene rings is 1. The van der Waals surface area contributed by atoms with E-state index in [1.807, 2.05) is 24.4 Å². The second-order valence-electron chi connectivity index (χ2n) is 8.12. The van der Waals surface area contributed by atoms with Crippen molar-refractivity contribution in [1.29, 1.82) is 0 Å². The lowest BCUT2D eigenvalue weighted by molar-refractivity contribution is -0.120. The zero-order valence-electron chi connectivity index (χ0n) is 18.8. The van der Waals surface area contributed by atoms with Crippen molar-refractivity contribution < 1.29 is 13.2 Å². The van der Waals surface area contributed by atoms with Gasteiger partial charge in [0, 0.05) is 50.2 Å². The van der Waals surface area contributed by atoms with Gasteiger partial charge in [0.1, 0.15) is 16.1 Å². The summed E-state index contributed by atoms with van der Waals surface area (Å²) in [5.74, 6) is 0.484. The number of sulfonamides is 1. The maximum Gasteiger partial charge on any atom is 0.253 e. The zero-order chi connectivity index (χ0) is 23.7. The Morgan fingerprint density at radius 3 is 2.94 bits per heavy atom. The topological polar surface area (TPSA) is 109 Å². The SMILES string of the molecule is CCn1c(C2=CCCN=C2)nc2cc(NC(=O)[C@@H]3CNCCN3S(=O)(=O)c3cccs3)ccc21. The van der Waals surface area contributed by atoms with Gasteiger partial charge < -0.3 is 15.2 Å². The zero-order valence-corrected chi connectivity index (χ0v) is 20.4. The fourth-order valence-corrected chi connectivity index (χ4v) is 7.06. The molecule has 1 fully saturated rings. The van der Waals surface area contributed by atoms with Crippen LogP contribution in [0.25, 0.3) is 16.6 Å². The van der Waals surface area contributed by atoms with Crippen molar-refractivity contribution in [3.8, 4) is 0 Å². The van der Waals surface area contributed by atoms with Crippen LogP contribution in [0, 0.1) is 0 Å². The van der Waals surface area contributed by atoms with Gasteiger partial charge in [-0.15, -0.1) is 11.3 Å². The molecule has 2 N–H and O–H groups in total. The van der Waals surface area contributed by atoms with Crippen LogP contribution in [0.15, 0.2) is 51.0 Å². The number of aliphatic imine (C=N–C) groups is 1. The van der Waals surface area contributed by atoms with E-state index in [1.165, 1.54) is 4.31 Å². The number of nitrogens with one attached hydrogen (secondary N) is 2. The lowest BCUT2D eigenvalue weighted by Crippen LogP contribution is -2.58. The van der Waals surface area contributed by atoms with Gasteiger partial charge in [0.15, 0.2) is 0 Å². The number of carbonyl (C=O) groups is 1. The molecule has 2 aliphatic rings. The van der Waals surface area contributed by atoms with Crippen LogP contribution < -0.4 is 10.6 Å². The van der Waals surface area contributed by atoms with Crippen LogP contribution in [-0.4, -0.2) is 66.6 Å². The fourth-order valence-electron chi connectivity index (χ4n) is 4.36. The second-order valence-corrected chi connectivity index (χ2v) is 11.2. The molecule has 9 nitrogen and oxygen atoms in total. The van der Waals surface area contributed by atoms with E-state index in [0.29, 0.717) is 12.2 Å². The molecular weight excluding hydrogens is 472 g/mol. The maximum absolute atomic E-state index is 13.2. The third-order valence-electron chi connectivity index (χ3n) is 6.00. The molecule has 1 atom stereocenters. The number of imidazole rings is 1. The summed E-state index contributed by atoms with van der Waals surface area (Å²) in [5, 5.41) is 7.76. The van der Waals surface area contributed by atoms with Gasteiger partial charge >= 0.3 is 0 Å². The van der Waals surface area contributed by atoms with Crippen LogP contribution in [-0.2, 0) is 21.4 Å². The Bertz CT molecular complexity index is 1380. The smallest absolute Gasteiger partial charge is 0.253 e. The highest BCUT2D eigenvalue weighted by Crippen LogP contribution is 2.27. The summed E-state index contributed by atoms with van der Waals surface area (Å²) < 4.78 is 29.9. The van der Waals surface area contributed by atoms with E-state index < -0.39 is 16.1 Å². The number of thiophene rings is 1. The number of hydrogen-bond acceptors (Lipinski definition) is 7. The van der Waals surface area contributed by atoms with Crippen LogP contribution in [0.4, 0.5) is 5.69 Å². The minimum Gasteiger partial charge on any atom is -0.325 e. The molecule has 178 valence electrons. The first-order valence-corrected chi connectivity index (χ1v) is 13.6. The first-order valence-electron chi connectivity index (χ1n) is 11.3. The van der Waals surface area contributed by atoms with Gasteiger partial charge in [0.05, 0.1) is 11.0 Å². The number of nitrogens with zero attached hydrogens (tertiary/aromatic N) is 4. The molecule has 34 heavy (non-hydrogen) atoms. The molecule has 0 unspecified atom stereocenters. The van der Waals surface area contributed by atoms with E-state index in [4.69, 9.17) is 4.98 Å². The number of fused-ring (bicyclic) bond motifs is 1. The third kappa shape index (κ3) is 4.20. The molecule has 3 aromatic rings. The normalized spacial score (nSPS) is 19.3. The quantitative estimate of drug-likeness (QED) is 0.543. The highest BCUT2D eigenvalue weighted by molar-refractivity contribution is 7.91. The van der Waals surface area contributed by atoms with Gasteiger partial charge in [0.2, 0.25) is 5.91 Å².